The van der Waals surface area contributed by atoms with E-state index < -0.39 is 23.3 Å². The maximum atomic E-state index is 14.1. The van der Waals surface area contributed by atoms with Crippen molar-refractivity contribution in [2.24, 2.45) is 0 Å². The van der Waals surface area contributed by atoms with Gasteiger partial charge in [-0.2, -0.15) is 0 Å². The van der Waals surface area contributed by atoms with E-state index in [0.29, 0.717) is 0 Å². The molecule has 1 aliphatic carbocycles. The van der Waals surface area contributed by atoms with Crippen molar-refractivity contribution < 1.29 is 13.9 Å². The van der Waals surface area contributed by atoms with Crippen LogP contribution in [0, 0.1) is 18.6 Å². The van der Waals surface area contributed by atoms with Crippen LogP contribution in [0.15, 0.2) is 12.1 Å². The molecule has 0 spiro atoms. The van der Waals surface area contributed by atoms with E-state index in [0.717, 1.165) is 32.1 Å². The monoisotopic (exact) mass is 283 g/mol. The van der Waals surface area contributed by atoms with Gasteiger partial charge in [0.05, 0.1) is 5.54 Å². The maximum absolute atomic E-state index is 14.1. The zero-order valence-electron chi connectivity index (χ0n) is 12.4. The van der Waals surface area contributed by atoms with Crippen LogP contribution in [0.25, 0.3) is 0 Å². The van der Waals surface area contributed by atoms with E-state index in [-0.39, 0.29) is 11.1 Å². The van der Waals surface area contributed by atoms with Gasteiger partial charge in [0.15, 0.2) is 11.6 Å². The fourth-order valence-electron chi connectivity index (χ4n) is 3.29. The number of aliphatic hydroxyl groups excluding tert-OH is 1. The van der Waals surface area contributed by atoms with Crippen LogP contribution >= 0.6 is 0 Å². The topological polar surface area (TPSA) is 23.5 Å². The van der Waals surface area contributed by atoms with Crippen LogP contribution in [0.3, 0.4) is 0 Å². The molecule has 0 aliphatic heterocycles. The molecule has 0 heterocycles. The predicted molar refractivity (Wildman–Crippen MR) is 75.6 cm³/mol. The van der Waals surface area contributed by atoms with E-state index in [2.05, 4.69) is 0 Å². The second kappa shape index (κ2) is 5.78. The Hall–Kier alpha value is -1.00. The molecule has 2 nitrogen and oxygen atoms in total. The van der Waals surface area contributed by atoms with Gasteiger partial charge in [0.2, 0.25) is 0 Å². The molecule has 1 aromatic rings. The third kappa shape index (κ3) is 2.47. The fourth-order valence-corrected chi connectivity index (χ4v) is 3.29. The van der Waals surface area contributed by atoms with E-state index in [1.165, 1.54) is 19.1 Å². The van der Waals surface area contributed by atoms with Crippen molar-refractivity contribution in [2.75, 3.05) is 14.1 Å². The molecule has 1 N–H and O–H groups in total. The largest absolute Gasteiger partial charge is 0.386 e. The smallest absolute Gasteiger partial charge is 0.164 e. The molecule has 4 heteroatoms. The van der Waals surface area contributed by atoms with Crippen molar-refractivity contribution in [3.05, 3.63) is 34.9 Å². The molecular weight excluding hydrogens is 260 g/mol. The molecule has 1 saturated carbocycles. The zero-order chi connectivity index (χ0) is 14.9. The Balaban J connectivity index is 2.42. The van der Waals surface area contributed by atoms with Crippen LogP contribution in [-0.2, 0) is 0 Å². The first-order valence-electron chi connectivity index (χ1n) is 7.20. The number of rotatable bonds is 3. The molecule has 2 rings (SSSR count). The fraction of sp³-hybridized carbons (Fsp3) is 0.625. The van der Waals surface area contributed by atoms with Crippen molar-refractivity contribution in [3.63, 3.8) is 0 Å². The van der Waals surface area contributed by atoms with Crippen molar-refractivity contribution >= 4 is 0 Å². The average molecular weight is 283 g/mol. The Morgan fingerprint density at radius 2 is 1.70 bits per heavy atom. The van der Waals surface area contributed by atoms with Gasteiger partial charge < -0.3 is 10.0 Å². The first-order chi connectivity index (χ1) is 9.40. The minimum absolute atomic E-state index is 0.0729. The van der Waals surface area contributed by atoms with Crippen molar-refractivity contribution in [3.8, 4) is 0 Å². The zero-order valence-corrected chi connectivity index (χ0v) is 12.4. The van der Waals surface area contributed by atoms with Crippen LogP contribution in [0.4, 0.5) is 8.78 Å². The highest BCUT2D eigenvalue weighted by Gasteiger charge is 2.43. The quantitative estimate of drug-likeness (QED) is 0.916. The summed E-state index contributed by atoms with van der Waals surface area (Å²) in [6.45, 7) is 1.52. The first kappa shape index (κ1) is 15.4. The van der Waals surface area contributed by atoms with Crippen LogP contribution < -0.4 is 0 Å². The van der Waals surface area contributed by atoms with E-state index >= 15 is 0 Å². The number of hydrogen-bond donors (Lipinski definition) is 1. The average Bonchev–Trinajstić information content (AvgIpc) is 2.45. The molecule has 0 radical (unpaired) electrons. The summed E-state index contributed by atoms with van der Waals surface area (Å²) >= 11 is 0. The molecule has 1 aliphatic rings. The Bertz CT molecular complexity index is 482. The summed E-state index contributed by atoms with van der Waals surface area (Å²) < 4.78 is 27.9. The Labute approximate surface area is 119 Å². The Morgan fingerprint density at radius 1 is 1.10 bits per heavy atom. The number of benzene rings is 1. The number of likely N-dealkylation sites (N-methyl/N-ethyl adjacent to an activating group) is 1. The second-order valence-electron chi connectivity index (χ2n) is 6.06. The standard InChI is InChI=1S/C16H23F2NO/c1-11-7-8-12(14(18)13(11)17)15(20)16(19(2)3)9-5-4-6-10-16/h7-8,15,20H,4-6,9-10H2,1-3H3. The van der Waals surface area contributed by atoms with Gasteiger partial charge >= 0.3 is 0 Å². The number of halogens is 2. The summed E-state index contributed by atoms with van der Waals surface area (Å²) in [4.78, 5) is 1.97. The second-order valence-corrected chi connectivity index (χ2v) is 6.06. The molecule has 0 saturated heterocycles. The summed E-state index contributed by atoms with van der Waals surface area (Å²) in [5.74, 6) is -1.77. The molecule has 1 unspecified atom stereocenters. The van der Waals surface area contributed by atoms with Gasteiger partial charge in [-0.15, -0.1) is 0 Å². The SMILES string of the molecule is Cc1ccc(C(O)C2(N(C)C)CCCCC2)c(F)c1F. The van der Waals surface area contributed by atoms with Gasteiger partial charge in [-0.1, -0.05) is 31.4 Å². The predicted octanol–water partition coefficient (Wildman–Crippen LogP) is 3.57. The summed E-state index contributed by atoms with van der Waals surface area (Å²) in [5, 5.41) is 10.7. The van der Waals surface area contributed by atoms with Crippen molar-refractivity contribution in [2.45, 2.75) is 50.7 Å². The maximum Gasteiger partial charge on any atom is 0.164 e. The number of aryl methyl sites for hydroxylation is 1. The number of aliphatic hydroxyl groups is 1. The van der Waals surface area contributed by atoms with E-state index in [4.69, 9.17) is 0 Å². The normalized spacial score (nSPS) is 20.1. The van der Waals surface area contributed by atoms with Crippen LogP contribution in [0.5, 0.6) is 0 Å². The summed E-state index contributed by atoms with van der Waals surface area (Å²) in [5.41, 5.74) is -0.162. The third-order valence-electron chi connectivity index (χ3n) is 4.72. The Morgan fingerprint density at radius 3 is 2.25 bits per heavy atom. The van der Waals surface area contributed by atoms with E-state index in [1.807, 2.05) is 19.0 Å². The molecular formula is C16H23F2NO. The van der Waals surface area contributed by atoms with Gasteiger partial charge in [0, 0.05) is 5.56 Å². The molecule has 0 bridgehead atoms. The molecule has 0 aromatic heterocycles. The lowest BCUT2D eigenvalue weighted by Crippen LogP contribution is -2.50. The molecule has 1 fully saturated rings. The third-order valence-corrected chi connectivity index (χ3v) is 4.72. The van der Waals surface area contributed by atoms with Crippen LogP contribution in [0.2, 0.25) is 0 Å². The van der Waals surface area contributed by atoms with Gasteiger partial charge in [-0.3, -0.25) is 0 Å². The highest BCUT2D eigenvalue weighted by atomic mass is 19.2. The highest BCUT2D eigenvalue weighted by Crippen LogP contribution is 2.42. The van der Waals surface area contributed by atoms with Gasteiger partial charge in [0.25, 0.3) is 0 Å². The first-order valence-corrected chi connectivity index (χ1v) is 7.20. The molecule has 112 valence electrons. The van der Waals surface area contributed by atoms with Gasteiger partial charge in [-0.05, 0) is 39.4 Å². The van der Waals surface area contributed by atoms with Gasteiger partial charge in [0.1, 0.15) is 6.10 Å². The summed E-state index contributed by atoms with van der Waals surface area (Å²) in [7, 11) is 3.80. The minimum atomic E-state index is -1.01. The summed E-state index contributed by atoms with van der Waals surface area (Å²) in [6, 6.07) is 3.04. The number of hydrogen-bond acceptors (Lipinski definition) is 2. The molecule has 1 aromatic carbocycles. The van der Waals surface area contributed by atoms with Crippen molar-refractivity contribution in [1.29, 1.82) is 0 Å². The van der Waals surface area contributed by atoms with Crippen LogP contribution in [-0.4, -0.2) is 29.6 Å². The minimum Gasteiger partial charge on any atom is -0.386 e. The molecule has 1 atom stereocenters. The van der Waals surface area contributed by atoms with E-state index in [1.54, 1.807) is 0 Å². The lowest BCUT2D eigenvalue weighted by atomic mass is 9.74. The van der Waals surface area contributed by atoms with Crippen LogP contribution in [0.1, 0.15) is 49.3 Å². The highest BCUT2D eigenvalue weighted by molar-refractivity contribution is 5.29. The lowest BCUT2D eigenvalue weighted by Gasteiger charge is -2.46. The molecule has 0 amide bonds. The molecule has 20 heavy (non-hydrogen) atoms. The number of nitrogens with zero attached hydrogens (tertiary/aromatic N) is 1. The lowest BCUT2D eigenvalue weighted by molar-refractivity contribution is -0.0355. The summed E-state index contributed by atoms with van der Waals surface area (Å²) in [6.07, 6.45) is 3.74. The Kier molecular flexibility index (Phi) is 4.45. The van der Waals surface area contributed by atoms with Gasteiger partial charge in [-0.25, -0.2) is 8.78 Å². The van der Waals surface area contributed by atoms with Crippen molar-refractivity contribution in [1.82, 2.24) is 4.90 Å². The van der Waals surface area contributed by atoms with E-state index in [9.17, 15) is 13.9 Å².